The van der Waals surface area contributed by atoms with Gasteiger partial charge in [-0.3, -0.25) is 0 Å². The number of thiazole rings is 1. The zero-order valence-corrected chi connectivity index (χ0v) is 9.94. The van der Waals surface area contributed by atoms with E-state index in [1.165, 1.54) is 11.3 Å². The van der Waals surface area contributed by atoms with Crippen LogP contribution in [0.3, 0.4) is 0 Å². The Balaban J connectivity index is 2.36. The largest absolute Gasteiger partial charge is 0.498 e. The molecule has 0 aliphatic heterocycles. The van der Waals surface area contributed by atoms with Crippen LogP contribution < -0.4 is 0 Å². The second-order valence-electron chi connectivity index (χ2n) is 2.93. The number of aromatic hydroxyl groups is 1. The van der Waals surface area contributed by atoms with Crippen LogP contribution >= 0.6 is 23.1 Å². The third-order valence-electron chi connectivity index (χ3n) is 1.90. The predicted molar refractivity (Wildman–Crippen MR) is 65.6 cm³/mol. The second-order valence-corrected chi connectivity index (χ2v) is 5.42. The van der Waals surface area contributed by atoms with Crippen LogP contribution in [0.5, 0.6) is 5.06 Å². The average molecular weight is 237 g/mol. The van der Waals surface area contributed by atoms with E-state index in [1.54, 1.807) is 11.8 Å². The van der Waals surface area contributed by atoms with Gasteiger partial charge in [-0.25, -0.2) is 4.98 Å². The molecule has 2 nitrogen and oxygen atoms in total. The lowest BCUT2D eigenvalue weighted by Crippen LogP contribution is -1.77. The molecule has 0 fully saturated rings. The summed E-state index contributed by atoms with van der Waals surface area (Å²) in [6.07, 6.45) is 0. The van der Waals surface area contributed by atoms with Gasteiger partial charge in [0, 0.05) is 5.56 Å². The Morgan fingerprint density at radius 3 is 2.73 bits per heavy atom. The lowest BCUT2D eigenvalue weighted by Gasteiger charge is -1.95. The van der Waals surface area contributed by atoms with Crippen molar-refractivity contribution >= 4 is 23.1 Å². The minimum atomic E-state index is 0.303. The third-order valence-corrected chi connectivity index (χ3v) is 3.79. The van der Waals surface area contributed by atoms with Crippen LogP contribution in [0.25, 0.3) is 11.3 Å². The summed E-state index contributed by atoms with van der Waals surface area (Å²) in [5.74, 6) is 0.973. The highest BCUT2D eigenvalue weighted by Gasteiger charge is 2.11. The van der Waals surface area contributed by atoms with E-state index in [0.717, 1.165) is 15.7 Å². The van der Waals surface area contributed by atoms with Crippen molar-refractivity contribution in [3.8, 4) is 16.3 Å². The first kappa shape index (κ1) is 10.5. The van der Waals surface area contributed by atoms with Gasteiger partial charge >= 0.3 is 0 Å². The van der Waals surface area contributed by atoms with E-state index in [4.69, 9.17) is 0 Å². The molecule has 0 saturated carbocycles. The van der Waals surface area contributed by atoms with Crippen LogP contribution in [0, 0.1) is 0 Å². The SMILES string of the molecule is CCSc1nc(-c2ccccc2)c(O)s1. The Morgan fingerprint density at radius 2 is 2.07 bits per heavy atom. The fourth-order valence-electron chi connectivity index (χ4n) is 1.26. The first-order valence-corrected chi connectivity index (χ1v) is 6.49. The Morgan fingerprint density at radius 1 is 1.33 bits per heavy atom. The van der Waals surface area contributed by atoms with Crippen LogP contribution in [0.4, 0.5) is 0 Å². The van der Waals surface area contributed by atoms with E-state index < -0.39 is 0 Å². The fourth-order valence-corrected chi connectivity index (χ4v) is 3.05. The van der Waals surface area contributed by atoms with Crippen molar-refractivity contribution in [3.05, 3.63) is 30.3 Å². The van der Waals surface area contributed by atoms with Crippen LogP contribution in [0.2, 0.25) is 0 Å². The maximum Gasteiger partial charge on any atom is 0.200 e. The molecule has 1 aromatic heterocycles. The molecule has 0 unspecified atom stereocenters. The van der Waals surface area contributed by atoms with Crippen molar-refractivity contribution in [1.82, 2.24) is 4.98 Å². The molecule has 0 amide bonds. The van der Waals surface area contributed by atoms with Crippen molar-refractivity contribution in [2.75, 3.05) is 5.75 Å². The summed E-state index contributed by atoms with van der Waals surface area (Å²) in [5.41, 5.74) is 1.66. The maximum atomic E-state index is 9.75. The highest BCUT2D eigenvalue weighted by atomic mass is 32.2. The summed E-state index contributed by atoms with van der Waals surface area (Å²) in [5, 5.41) is 10.1. The molecule has 2 rings (SSSR count). The monoisotopic (exact) mass is 237 g/mol. The first-order chi connectivity index (χ1) is 7.31. The minimum absolute atomic E-state index is 0.303. The van der Waals surface area contributed by atoms with Crippen LogP contribution in [0.15, 0.2) is 34.7 Å². The number of hydrogen-bond acceptors (Lipinski definition) is 4. The molecule has 0 bridgehead atoms. The standard InChI is InChI=1S/C11H11NOS2/c1-2-14-11-12-9(10(13)15-11)8-6-4-3-5-7-8/h3-7,13H,2H2,1H3. The molecule has 0 aliphatic rings. The van der Waals surface area contributed by atoms with E-state index in [1.807, 2.05) is 30.3 Å². The number of nitrogens with zero attached hydrogens (tertiary/aromatic N) is 1. The van der Waals surface area contributed by atoms with E-state index in [0.29, 0.717) is 10.8 Å². The molecule has 2 aromatic rings. The van der Waals surface area contributed by atoms with Gasteiger partial charge in [-0.1, -0.05) is 60.4 Å². The lowest BCUT2D eigenvalue weighted by molar-refractivity contribution is 0.491. The zero-order valence-electron chi connectivity index (χ0n) is 8.30. The highest BCUT2D eigenvalue weighted by Crippen LogP contribution is 2.37. The van der Waals surface area contributed by atoms with Gasteiger partial charge in [0.1, 0.15) is 5.69 Å². The molecule has 0 atom stereocenters. The number of aromatic nitrogens is 1. The summed E-state index contributed by atoms with van der Waals surface area (Å²) in [6, 6.07) is 9.75. The topological polar surface area (TPSA) is 33.1 Å². The molecule has 1 heterocycles. The third kappa shape index (κ3) is 2.33. The Hall–Kier alpha value is -1.00. The van der Waals surface area contributed by atoms with E-state index in [-0.39, 0.29) is 0 Å². The number of rotatable bonds is 3. The van der Waals surface area contributed by atoms with E-state index in [2.05, 4.69) is 11.9 Å². The first-order valence-electron chi connectivity index (χ1n) is 4.69. The van der Waals surface area contributed by atoms with E-state index >= 15 is 0 Å². The lowest BCUT2D eigenvalue weighted by atomic mass is 10.2. The summed E-state index contributed by atoms with van der Waals surface area (Å²) >= 11 is 2.99. The maximum absolute atomic E-state index is 9.75. The molecule has 1 aromatic carbocycles. The number of thioether (sulfide) groups is 1. The van der Waals surface area contributed by atoms with Gasteiger partial charge in [-0.2, -0.15) is 0 Å². The second kappa shape index (κ2) is 4.68. The molecule has 4 heteroatoms. The Kier molecular flexibility index (Phi) is 3.28. The highest BCUT2D eigenvalue weighted by molar-refractivity contribution is 8.01. The summed E-state index contributed by atoms with van der Waals surface area (Å²) in [4.78, 5) is 4.40. The fraction of sp³-hybridized carbons (Fsp3) is 0.182. The minimum Gasteiger partial charge on any atom is -0.498 e. The molecule has 0 radical (unpaired) electrons. The Bertz CT molecular complexity index is 439. The molecule has 78 valence electrons. The molecule has 0 spiro atoms. The van der Waals surface area contributed by atoms with Crippen molar-refractivity contribution < 1.29 is 5.11 Å². The van der Waals surface area contributed by atoms with Gasteiger partial charge in [0.05, 0.1) is 0 Å². The van der Waals surface area contributed by atoms with Gasteiger partial charge in [0.15, 0.2) is 4.34 Å². The Labute approximate surface area is 97.0 Å². The molecule has 0 saturated heterocycles. The van der Waals surface area contributed by atoms with Crippen molar-refractivity contribution in [2.45, 2.75) is 11.3 Å². The normalized spacial score (nSPS) is 10.5. The van der Waals surface area contributed by atoms with Crippen LogP contribution in [-0.2, 0) is 0 Å². The smallest absolute Gasteiger partial charge is 0.200 e. The van der Waals surface area contributed by atoms with Crippen molar-refractivity contribution in [2.24, 2.45) is 0 Å². The molecular formula is C11H11NOS2. The predicted octanol–water partition coefficient (Wildman–Crippen LogP) is 3.63. The average Bonchev–Trinajstić information content (AvgIpc) is 2.61. The zero-order chi connectivity index (χ0) is 10.7. The number of benzene rings is 1. The molecular weight excluding hydrogens is 226 g/mol. The van der Waals surface area contributed by atoms with Crippen LogP contribution in [0.1, 0.15) is 6.92 Å². The van der Waals surface area contributed by atoms with Crippen molar-refractivity contribution in [1.29, 1.82) is 0 Å². The molecule has 15 heavy (non-hydrogen) atoms. The summed E-state index contributed by atoms with van der Waals surface area (Å²) in [7, 11) is 0. The van der Waals surface area contributed by atoms with Gasteiger partial charge in [0.2, 0.25) is 5.06 Å². The summed E-state index contributed by atoms with van der Waals surface area (Å²) < 4.78 is 0.925. The van der Waals surface area contributed by atoms with Gasteiger partial charge in [-0.05, 0) is 5.75 Å². The van der Waals surface area contributed by atoms with E-state index in [9.17, 15) is 5.11 Å². The quantitative estimate of drug-likeness (QED) is 0.827. The van der Waals surface area contributed by atoms with Gasteiger partial charge < -0.3 is 5.11 Å². The van der Waals surface area contributed by atoms with Crippen LogP contribution in [-0.4, -0.2) is 15.8 Å². The van der Waals surface area contributed by atoms with Gasteiger partial charge in [0.25, 0.3) is 0 Å². The molecule has 1 N–H and O–H groups in total. The van der Waals surface area contributed by atoms with Crippen molar-refractivity contribution in [3.63, 3.8) is 0 Å². The molecule has 0 aliphatic carbocycles. The number of hydrogen-bond donors (Lipinski definition) is 1. The summed E-state index contributed by atoms with van der Waals surface area (Å²) in [6.45, 7) is 2.07. The van der Waals surface area contributed by atoms with Gasteiger partial charge in [-0.15, -0.1) is 0 Å².